The molecule has 1 atom stereocenters. The topological polar surface area (TPSA) is 47.3 Å². The number of benzene rings is 1. The first kappa shape index (κ1) is 15.1. The first-order chi connectivity index (χ1) is 8.37. The second-order valence-corrected chi connectivity index (χ2v) is 4.20. The van der Waals surface area contributed by atoms with Gasteiger partial charge in [-0.2, -0.15) is 13.2 Å². The van der Waals surface area contributed by atoms with Gasteiger partial charge in [-0.25, -0.2) is 0 Å². The normalized spacial score (nSPS) is 13.4. The maximum Gasteiger partial charge on any atom is 0.389 e. The Morgan fingerprint density at radius 1 is 1.44 bits per heavy atom. The van der Waals surface area contributed by atoms with Crippen LogP contribution in [-0.4, -0.2) is 13.3 Å². The quantitative estimate of drug-likeness (QED) is 0.644. The zero-order valence-corrected chi connectivity index (χ0v) is 10.5. The van der Waals surface area contributed by atoms with Crippen molar-refractivity contribution in [2.24, 2.45) is 5.84 Å². The van der Waals surface area contributed by atoms with Gasteiger partial charge in [-0.15, -0.1) is 0 Å². The summed E-state index contributed by atoms with van der Waals surface area (Å²) in [6, 6.07) is 4.07. The monoisotopic (exact) mass is 282 g/mol. The van der Waals surface area contributed by atoms with Gasteiger partial charge < -0.3 is 4.74 Å². The van der Waals surface area contributed by atoms with E-state index in [9.17, 15) is 13.2 Å². The van der Waals surface area contributed by atoms with Crippen molar-refractivity contribution in [2.75, 3.05) is 7.11 Å². The number of hydrogen-bond donors (Lipinski definition) is 2. The number of methoxy groups -OCH3 is 1. The molecule has 0 aliphatic rings. The predicted octanol–water partition coefficient (Wildman–Crippen LogP) is 3.20. The maximum atomic E-state index is 12.2. The summed E-state index contributed by atoms with van der Waals surface area (Å²) >= 11 is 5.82. The van der Waals surface area contributed by atoms with Crippen LogP contribution in [0.15, 0.2) is 18.2 Å². The van der Waals surface area contributed by atoms with Crippen molar-refractivity contribution < 1.29 is 17.9 Å². The molecular formula is C11H14ClF3N2O. The van der Waals surface area contributed by atoms with Crippen molar-refractivity contribution in [3.05, 3.63) is 28.8 Å². The van der Waals surface area contributed by atoms with Crippen molar-refractivity contribution in [1.82, 2.24) is 5.43 Å². The zero-order chi connectivity index (χ0) is 13.8. The molecule has 1 unspecified atom stereocenters. The van der Waals surface area contributed by atoms with E-state index in [4.69, 9.17) is 22.2 Å². The van der Waals surface area contributed by atoms with Crippen LogP contribution in [0.5, 0.6) is 5.75 Å². The molecule has 0 amide bonds. The van der Waals surface area contributed by atoms with E-state index in [2.05, 4.69) is 5.43 Å². The van der Waals surface area contributed by atoms with Crippen LogP contribution in [-0.2, 0) is 0 Å². The van der Waals surface area contributed by atoms with Gasteiger partial charge in [0, 0.05) is 23.0 Å². The Morgan fingerprint density at radius 2 is 2.11 bits per heavy atom. The summed E-state index contributed by atoms with van der Waals surface area (Å²) in [5, 5.41) is 0.415. The number of hydrogen-bond acceptors (Lipinski definition) is 3. The van der Waals surface area contributed by atoms with Crippen LogP contribution < -0.4 is 16.0 Å². The average Bonchev–Trinajstić information content (AvgIpc) is 2.28. The van der Waals surface area contributed by atoms with Gasteiger partial charge in [-0.05, 0) is 24.6 Å². The summed E-state index contributed by atoms with van der Waals surface area (Å²) in [6.45, 7) is 0. The highest BCUT2D eigenvalue weighted by atomic mass is 35.5. The molecule has 0 heterocycles. The van der Waals surface area contributed by atoms with Gasteiger partial charge in [-0.3, -0.25) is 11.3 Å². The van der Waals surface area contributed by atoms with E-state index in [-0.39, 0.29) is 6.42 Å². The number of rotatable bonds is 5. The largest absolute Gasteiger partial charge is 0.496 e. The third-order valence-electron chi connectivity index (χ3n) is 2.48. The van der Waals surface area contributed by atoms with E-state index in [0.717, 1.165) is 0 Å². The number of hydrazine groups is 1. The molecule has 0 aliphatic heterocycles. The Labute approximate surface area is 108 Å². The Bertz CT molecular complexity index is 398. The lowest BCUT2D eigenvalue weighted by molar-refractivity contribution is -0.136. The molecular weight excluding hydrogens is 269 g/mol. The maximum absolute atomic E-state index is 12.2. The van der Waals surface area contributed by atoms with Crippen molar-refractivity contribution in [2.45, 2.75) is 25.1 Å². The number of ether oxygens (including phenoxy) is 1. The average molecular weight is 283 g/mol. The first-order valence-electron chi connectivity index (χ1n) is 5.23. The third kappa shape index (κ3) is 4.36. The van der Waals surface area contributed by atoms with E-state index in [1.807, 2.05) is 0 Å². The molecule has 0 aliphatic carbocycles. The Balaban J connectivity index is 2.90. The highest BCUT2D eigenvalue weighted by molar-refractivity contribution is 6.30. The molecule has 102 valence electrons. The molecule has 0 saturated carbocycles. The van der Waals surface area contributed by atoms with Gasteiger partial charge in [0.1, 0.15) is 5.75 Å². The molecule has 1 aromatic rings. The molecule has 0 bridgehead atoms. The molecule has 0 aromatic heterocycles. The number of nitrogens with one attached hydrogen (secondary N) is 1. The predicted molar refractivity (Wildman–Crippen MR) is 63.4 cm³/mol. The summed E-state index contributed by atoms with van der Waals surface area (Å²) in [5.41, 5.74) is 2.87. The molecule has 1 rings (SSSR count). The second kappa shape index (κ2) is 6.26. The minimum absolute atomic E-state index is 0.184. The molecule has 3 nitrogen and oxygen atoms in total. The van der Waals surface area contributed by atoms with E-state index in [1.54, 1.807) is 18.2 Å². The van der Waals surface area contributed by atoms with Gasteiger partial charge in [0.2, 0.25) is 0 Å². The van der Waals surface area contributed by atoms with Crippen LogP contribution in [0.2, 0.25) is 5.02 Å². The van der Waals surface area contributed by atoms with Gasteiger partial charge in [0.15, 0.2) is 0 Å². The summed E-state index contributed by atoms with van der Waals surface area (Å²) in [5.74, 6) is 5.74. The van der Waals surface area contributed by atoms with Crippen LogP contribution in [0.1, 0.15) is 24.4 Å². The molecule has 1 aromatic carbocycles. The molecule has 0 spiro atoms. The van der Waals surface area contributed by atoms with Gasteiger partial charge in [-0.1, -0.05) is 11.6 Å². The minimum atomic E-state index is -4.22. The minimum Gasteiger partial charge on any atom is -0.496 e. The van der Waals surface area contributed by atoms with E-state index < -0.39 is 18.6 Å². The fourth-order valence-corrected chi connectivity index (χ4v) is 1.79. The molecule has 0 saturated heterocycles. The fraction of sp³-hybridized carbons (Fsp3) is 0.455. The lowest BCUT2D eigenvalue weighted by Crippen LogP contribution is -2.29. The molecule has 18 heavy (non-hydrogen) atoms. The third-order valence-corrected chi connectivity index (χ3v) is 2.72. The van der Waals surface area contributed by atoms with Crippen molar-refractivity contribution in [3.8, 4) is 5.75 Å². The molecule has 3 N–H and O–H groups in total. The standard InChI is InChI=1S/C11H14ClF3N2O/c1-18-10-3-2-7(12)6-8(10)9(17-16)4-5-11(13,14)15/h2-3,6,9,17H,4-5,16H2,1H3. The van der Waals surface area contributed by atoms with Crippen LogP contribution in [0.3, 0.4) is 0 Å². The van der Waals surface area contributed by atoms with E-state index in [1.165, 1.54) is 7.11 Å². The van der Waals surface area contributed by atoms with Gasteiger partial charge in [0.25, 0.3) is 0 Å². The highest BCUT2D eigenvalue weighted by Crippen LogP contribution is 2.33. The summed E-state index contributed by atoms with van der Waals surface area (Å²) in [6.07, 6.45) is -5.34. The number of alkyl halides is 3. The number of halogens is 4. The SMILES string of the molecule is COc1ccc(Cl)cc1C(CCC(F)(F)F)NN. The van der Waals surface area contributed by atoms with Crippen LogP contribution >= 0.6 is 11.6 Å². The van der Waals surface area contributed by atoms with Crippen LogP contribution in [0.25, 0.3) is 0 Å². The zero-order valence-electron chi connectivity index (χ0n) is 9.72. The van der Waals surface area contributed by atoms with Crippen LogP contribution in [0, 0.1) is 0 Å². The summed E-state index contributed by atoms with van der Waals surface area (Å²) in [7, 11) is 1.43. The van der Waals surface area contributed by atoms with Gasteiger partial charge in [0.05, 0.1) is 7.11 Å². The van der Waals surface area contributed by atoms with Crippen molar-refractivity contribution in [3.63, 3.8) is 0 Å². The smallest absolute Gasteiger partial charge is 0.389 e. The molecule has 0 fully saturated rings. The molecule has 7 heteroatoms. The lowest BCUT2D eigenvalue weighted by Gasteiger charge is -2.20. The second-order valence-electron chi connectivity index (χ2n) is 3.76. The summed E-state index contributed by atoms with van der Waals surface area (Å²) < 4.78 is 41.7. The fourth-order valence-electron chi connectivity index (χ4n) is 1.61. The Hall–Kier alpha value is -0.980. The highest BCUT2D eigenvalue weighted by Gasteiger charge is 2.29. The van der Waals surface area contributed by atoms with Crippen LogP contribution in [0.4, 0.5) is 13.2 Å². The first-order valence-corrected chi connectivity index (χ1v) is 5.61. The van der Waals surface area contributed by atoms with Crippen molar-refractivity contribution in [1.29, 1.82) is 0 Å². The summed E-state index contributed by atoms with van der Waals surface area (Å²) in [4.78, 5) is 0. The number of nitrogens with two attached hydrogens (primary N) is 1. The Morgan fingerprint density at radius 3 is 2.61 bits per heavy atom. The lowest BCUT2D eigenvalue weighted by atomic mass is 10.0. The van der Waals surface area contributed by atoms with E-state index in [0.29, 0.717) is 16.3 Å². The van der Waals surface area contributed by atoms with E-state index >= 15 is 0 Å². The van der Waals surface area contributed by atoms with Crippen molar-refractivity contribution >= 4 is 11.6 Å². The Kier molecular flexibility index (Phi) is 5.25. The molecule has 0 radical (unpaired) electrons. The van der Waals surface area contributed by atoms with Gasteiger partial charge >= 0.3 is 6.18 Å².